The van der Waals surface area contributed by atoms with Crippen molar-refractivity contribution in [2.45, 2.75) is 26.5 Å². The summed E-state index contributed by atoms with van der Waals surface area (Å²) in [6.45, 7) is 4.84. The number of hydrogen-bond donors (Lipinski definition) is 2. The quantitative estimate of drug-likeness (QED) is 0.845. The lowest BCUT2D eigenvalue weighted by Crippen LogP contribution is -2.42. The van der Waals surface area contributed by atoms with E-state index < -0.39 is 0 Å². The normalized spacial score (nSPS) is 17.8. The van der Waals surface area contributed by atoms with E-state index in [2.05, 4.69) is 20.4 Å². The number of H-pyrrole nitrogens is 1. The Morgan fingerprint density at radius 1 is 1.50 bits per heavy atom. The number of carbonyl (C=O) groups is 2. The van der Waals surface area contributed by atoms with Crippen LogP contribution in [0.2, 0.25) is 0 Å². The minimum atomic E-state index is -0.346. The molecule has 3 rings (SSSR count). The second-order valence-corrected chi connectivity index (χ2v) is 5.64. The third-order valence-corrected chi connectivity index (χ3v) is 3.68. The molecule has 0 spiro atoms. The predicted octanol–water partition coefficient (Wildman–Crippen LogP) is 0.556. The van der Waals surface area contributed by atoms with Crippen LogP contribution in [0.4, 0.5) is 0 Å². The van der Waals surface area contributed by atoms with Crippen molar-refractivity contribution in [3.63, 3.8) is 0 Å². The Hall–Kier alpha value is -2.68. The molecular formula is C15H19N5O4. The van der Waals surface area contributed by atoms with Crippen LogP contribution >= 0.6 is 0 Å². The summed E-state index contributed by atoms with van der Waals surface area (Å²) in [5.41, 5.74) is 1.07. The second-order valence-electron chi connectivity index (χ2n) is 5.64. The van der Waals surface area contributed by atoms with Crippen LogP contribution in [0.1, 0.15) is 40.8 Å². The van der Waals surface area contributed by atoms with E-state index in [0.717, 1.165) is 5.69 Å². The molecule has 1 aliphatic heterocycles. The maximum Gasteiger partial charge on any atom is 0.276 e. The highest BCUT2D eigenvalue weighted by atomic mass is 16.5. The largest absolute Gasteiger partial charge is 0.367 e. The van der Waals surface area contributed by atoms with E-state index >= 15 is 0 Å². The molecular weight excluding hydrogens is 314 g/mol. The fraction of sp³-hybridized carbons (Fsp3) is 0.467. The van der Waals surface area contributed by atoms with Crippen LogP contribution < -0.4 is 5.32 Å². The lowest BCUT2D eigenvalue weighted by Gasteiger charge is -2.31. The van der Waals surface area contributed by atoms with Gasteiger partial charge in [0.05, 0.1) is 31.6 Å². The lowest BCUT2D eigenvalue weighted by atomic mass is 10.2. The second kappa shape index (κ2) is 6.83. The van der Waals surface area contributed by atoms with Crippen LogP contribution in [0.3, 0.4) is 0 Å². The lowest BCUT2D eigenvalue weighted by molar-refractivity contribution is -0.119. The summed E-state index contributed by atoms with van der Waals surface area (Å²) in [4.78, 5) is 32.5. The van der Waals surface area contributed by atoms with Gasteiger partial charge in [0.2, 0.25) is 5.91 Å². The third kappa shape index (κ3) is 3.62. The Morgan fingerprint density at radius 2 is 2.33 bits per heavy atom. The van der Waals surface area contributed by atoms with Crippen LogP contribution in [-0.2, 0) is 16.1 Å². The third-order valence-electron chi connectivity index (χ3n) is 3.68. The van der Waals surface area contributed by atoms with E-state index in [-0.39, 0.29) is 17.9 Å². The van der Waals surface area contributed by atoms with Gasteiger partial charge in [-0.3, -0.25) is 9.59 Å². The minimum absolute atomic E-state index is 0.111. The number of aromatic nitrogens is 3. The molecule has 24 heavy (non-hydrogen) atoms. The van der Waals surface area contributed by atoms with Crippen molar-refractivity contribution < 1.29 is 18.8 Å². The zero-order valence-corrected chi connectivity index (χ0v) is 13.5. The molecule has 3 heterocycles. The molecule has 2 aromatic rings. The van der Waals surface area contributed by atoms with Crippen LogP contribution in [0, 0.1) is 6.92 Å². The van der Waals surface area contributed by atoms with Gasteiger partial charge in [0.1, 0.15) is 17.7 Å². The molecule has 0 unspecified atom stereocenters. The van der Waals surface area contributed by atoms with Gasteiger partial charge < -0.3 is 24.5 Å². The van der Waals surface area contributed by atoms with E-state index in [1.165, 1.54) is 6.92 Å². The molecule has 1 atom stereocenters. The summed E-state index contributed by atoms with van der Waals surface area (Å²) in [6, 6.07) is 1.62. The molecule has 0 radical (unpaired) electrons. The molecule has 2 aromatic heterocycles. The van der Waals surface area contributed by atoms with Crippen molar-refractivity contribution in [1.29, 1.82) is 0 Å². The number of carbonyl (C=O) groups excluding carboxylic acids is 2. The summed E-state index contributed by atoms with van der Waals surface area (Å²) >= 11 is 0. The number of aromatic amines is 1. The number of rotatable bonds is 4. The highest BCUT2D eigenvalue weighted by Crippen LogP contribution is 2.21. The van der Waals surface area contributed by atoms with Crippen LogP contribution in [-0.4, -0.2) is 51.5 Å². The zero-order chi connectivity index (χ0) is 17.1. The molecule has 2 amide bonds. The van der Waals surface area contributed by atoms with Crippen LogP contribution in [0.15, 0.2) is 16.8 Å². The molecule has 1 aliphatic rings. The maximum absolute atomic E-state index is 12.4. The van der Waals surface area contributed by atoms with E-state index in [1.54, 1.807) is 24.1 Å². The average molecular weight is 333 g/mol. The smallest absolute Gasteiger partial charge is 0.276 e. The van der Waals surface area contributed by atoms with Gasteiger partial charge in [0, 0.05) is 19.5 Å². The van der Waals surface area contributed by atoms with Gasteiger partial charge >= 0.3 is 0 Å². The molecule has 0 aliphatic carbocycles. The maximum atomic E-state index is 12.4. The molecule has 128 valence electrons. The van der Waals surface area contributed by atoms with Gasteiger partial charge in [-0.05, 0) is 6.92 Å². The number of hydrogen-bond acceptors (Lipinski definition) is 6. The van der Waals surface area contributed by atoms with Gasteiger partial charge in [0.25, 0.3) is 5.91 Å². The van der Waals surface area contributed by atoms with Crippen molar-refractivity contribution in [3.8, 4) is 0 Å². The first kappa shape index (κ1) is 16.2. The minimum Gasteiger partial charge on any atom is -0.367 e. The number of ether oxygens (including phenoxy) is 1. The van der Waals surface area contributed by atoms with Gasteiger partial charge in [-0.2, -0.15) is 0 Å². The number of imidazole rings is 1. The summed E-state index contributed by atoms with van der Waals surface area (Å²) in [5, 5.41) is 6.46. The van der Waals surface area contributed by atoms with Gasteiger partial charge in [-0.25, -0.2) is 4.98 Å². The molecule has 0 bridgehead atoms. The summed E-state index contributed by atoms with van der Waals surface area (Å²) < 4.78 is 10.7. The summed E-state index contributed by atoms with van der Waals surface area (Å²) in [5.74, 6) is 0.922. The monoisotopic (exact) mass is 333 g/mol. The number of amides is 2. The van der Waals surface area contributed by atoms with E-state index in [0.29, 0.717) is 43.5 Å². The SMILES string of the molecule is CC(=O)NCc1cnc([C@@H]2CN(C(=O)c3cc(C)on3)CCO2)[nH]1. The first-order valence-corrected chi connectivity index (χ1v) is 7.65. The highest BCUT2D eigenvalue weighted by Gasteiger charge is 2.29. The molecule has 9 heteroatoms. The average Bonchev–Trinajstić information content (AvgIpc) is 3.21. The zero-order valence-electron chi connectivity index (χ0n) is 13.5. The Kier molecular flexibility index (Phi) is 4.61. The summed E-state index contributed by atoms with van der Waals surface area (Å²) in [7, 11) is 0. The standard InChI is InChI=1S/C15H19N5O4/c1-9-5-12(19-24-9)15(22)20-3-4-23-13(8-20)14-17-7-11(18-14)6-16-10(2)21/h5,7,13H,3-4,6,8H2,1-2H3,(H,16,21)(H,17,18)/t13-/m0/s1. The Labute approximate surface area is 138 Å². The Bertz CT molecular complexity index is 738. The number of nitrogens with one attached hydrogen (secondary N) is 2. The van der Waals surface area contributed by atoms with Crippen LogP contribution in [0.25, 0.3) is 0 Å². The van der Waals surface area contributed by atoms with E-state index in [9.17, 15) is 9.59 Å². The summed E-state index contributed by atoms with van der Waals surface area (Å²) in [6.07, 6.45) is 1.30. The first-order valence-electron chi connectivity index (χ1n) is 7.65. The fourth-order valence-electron chi connectivity index (χ4n) is 2.48. The number of morpholine rings is 1. The number of aryl methyl sites for hydroxylation is 1. The van der Waals surface area contributed by atoms with Crippen LogP contribution in [0.5, 0.6) is 0 Å². The Morgan fingerprint density at radius 3 is 3.04 bits per heavy atom. The van der Waals surface area contributed by atoms with E-state index in [4.69, 9.17) is 9.26 Å². The van der Waals surface area contributed by atoms with Gasteiger partial charge in [-0.15, -0.1) is 0 Å². The van der Waals surface area contributed by atoms with Crippen molar-refractivity contribution in [2.75, 3.05) is 19.7 Å². The van der Waals surface area contributed by atoms with Crippen molar-refractivity contribution >= 4 is 11.8 Å². The van der Waals surface area contributed by atoms with Gasteiger partial charge in [0.15, 0.2) is 5.69 Å². The van der Waals surface area contributed by atoms with Crippen molar-refractivity contribution in [3.05, 3.63) is 35.2 Å². The Balaban J connectivity index is 1.65. The molecule has 9 nitrogen and oxygen atoms in total. The fourth-order valence-corrected chi connectivity index (χ4v) is 2.48. The molecule has 1 saturated heterocycles. The molecule has 2 N–H and O–H groups in total. The topological polar surface area (TPSA) is 113 Å². The highest BCUT2D eigenvalue weighted by molar-refractivity contribution is 5.92. The van der Waals surface area contributed by atoms with Crippen molar-refractivity contribution in [1.82, 2.24) is 25.3 Å². The molecule has 1 fully saturated rings. The molecule has 0 aromatic carbocycles. The molecule has 0 saturated carbocycles. The number of nitrogens with zero attached hydrogens (tertiary/aromatic N) is 3. The van der Waals surface area contributed by atoms with Gasteiger partial charge in [-0.1, -0.05) is 5.16 Å². The first-order chi connectivity index (χ1) is 11.5. The van der Waals surface area contributed by atoms with E-state index in [1.807, 2.05) is 0 Å². The van der Waals surface area contributed by atoms with Crippen molar-refractivity contribution in [2.24, 2.45) is 0 Å². The predicted molar refractivity (Wildman–Crippen MR) is 81.9 cm³/mol.